The second-order valence-electron chi connectivity index (χ2n) is 4.52. The zero-order chi connectivity index (χ0) is 14.9. The van der Waals surface area contributed by atoms with Crippen LogP contribution in [-0.2, 0) is 0 Å². The molecule has 0 aromatic heterocycles. The van der Waals surface area contributed by atoms with Gasteiger partial charge in [0.25, 0.3) is 5.91 Å². The number of hydrogen-bond acceptors (Lipinski definition) is 3. The topological polar surface area (TPSA) is 66.6 Å². The Labute approximate surface area is 122 Å². The van der Waals surface area contributed by atoms with Gasteiger partial charge >= 0.3 is 0 Å². The number of hydrogen-bond donors (Lipinski definition) is 2. The second-order valence-corrected chi connectivity index (χ2v) is 4.95. The maximum atomic E-state index is 12.5. The quantitative estimate of drug-likeness (QED) is 0.835. The fraction of sp³-hybridized carbons (Fsp3) is 0.133. The molecule has 0 bridgehead atoms. The number of rotatable bonds is 2. The Morgan fingerprint density at radius 2 is 2.00 bits per heavy atom. The first-order valence-corrected chi connectivity index (χ1v) is 6.41. The maximum Gasteiger partial charge on any atom is 0.258 e. The number of anilines is 2. The molecule has 0 atom stereocenters. The van der Waals surface area contributed by atoms with Crippen LogP contribution < -0.4 is 10.6 Å². The van der Waals surface area contributed by atoms with Gasteiger partial charge in [0.1, 0.15) is 5.75 Å². The molecule has 20 heavy (non-hydrogen) atoms. The van der Waals surface area contributed by atoms with Crippen molar-refractivity contribution in [3.8, 4) is 5.75 Å². The van der Waals surface area contributed by atoms with Crippen LogP contribution in [-0.4, -0.2) is 18.1 Å². The highest BCUT2D eigenvalue weighted by Crippen LogP contribution is 2.28. The van der Waals surface area contributed by atoms with Gasteiger partial charge in [-0.25, -0.2) is 0 Å². The molecule has 5 heteroatoms. The summed E-state index contributed by atoms with van der Waals surface area (Å²) < 4.78 is 0. The molecule has 2 aromatic carbocycles. The normalized spacial score (nSPS) is 10.3. The van der Waals surface area contributed by atoms with E-state index in [2.05, 4.69) is 0 Å². The molecule has 0 fully saturated rings. The monoisotopic (exact) mass is 290 g/mol. The molecule has 2 aromatic rings. The maximum absolute atomic E-state index is 12.5. The highest BCUT2D eigenvalue weighted by Gasteiger charge is 2.18. The Kier molecular flexibility index (Phi) is 3.86. The summed E-state index contributed by atoms with van der Waals surface area (Å²) in [5.74, 6) is -0.171. The first kappa shape index (κ1) is 14.2. The Morgan fingerprint density at radius 3 is 2.70 bits per heavy atom. The Balaban J connectivity index is 2.43. The molecule has 3 N–H and O–H groups in total. The third-order valence-electron chi connectivity index (χ3n) is 3.19. The molecule has 0 radical (unpaired) electrons. The van der Waals surface area contributed by atoms with Gasteiger partial charge in [0, 0.05) is 23.2 Å². The van der Waals surface area contributed by atoms with Crippen molar-refractivity contribution in [2.45, 2.75) is 6.92 Å². The van der Waals surface area contributed by atoms with Crippen molar-refractivity contribution in [3.05, 3.63) is 52.5 Å². The van der Waals surface area contributed by atoms with E-state index in [4.69, 9.17) is 17.3 Å². The van der Waals surface area contributed by atoms with E-state index in [1.54, 1.807) is 50.4 Å². The summed E-state index contributed by atoms with van der Waals surface area (Å²) in [4.78, 5) is 13.9. The molecule has 2 rings (SSSR count). The number of phenols is 1. The number of carbonyl (C=O) groups is 1. The van der Waals surface area contributed by atoms with Crippen LogP contribution in [0.25, 0.3) is 0 Å². The highest BCUT2D eigenvalue weighted by atomic mass is 35.5. The fourth-order valence-corrected chi connectivity index (χ4v) is 2.12. The Bertz CT molecular complexity index is 671. The molecule has 0 unspecified atom stereocenters. The second kappa shape index (κ2) is 5.43. The number of nitrogens with zero attached hydrogens (tertiary/aromatic N) is 1. The van der Waals surface area contributed by atoms with Gasteiger partial charge in [-0.3, -0.25) is 4.79 Å². The molecule has 0 saturated carbocycles. The van der Waals surface area contributed by atoms with E-state index >= 15 is 0 Å². The van der Waals surface area contributed by atoms with Gasteiger partial charge in [0.05, 0.1) is 11.4 Å². The smallest absolute Gasteiger partial charge is 0.258 e. The number of phenolic OH excluding ortho intramolecular Hbond substituents is 1. The standard InChI is InChI=1S/C15H15ClN2O2/c1-9-11(4-3-5-14(9)19)15(20)18(2)13-8-10(16)6-7-12(13)17/h3-8,19H,17H2,1-2H3. The predicted octanol–water partition coefficient (Wildman–Crippen LogP) is 3.21. The van der Waals surface area contributed by atoms with Gasteiger partial charge in [-0.2, -0.15) is 0 Å². The lowest BCUT2D eigenvalue weighted by Crippen LogP contribution is -2.27. The van der Waals surface area contributed by atoms with Crippen molar-refractivity contribution in [1.82, 2.24) is 0 Å². The van der Waals surface area contributed by atoms with Crippen LogP contribution in [0.5, 0.6) is 5.75 Å². The molecule has 104 valence electrons. The number of nitrogen functional groups attached to an aromatic ring is 1. The minimum absolute atomic E-state index is 0.0864. The van der Waals surface area contributed by atoms with Crippen LogP contribution in [0, 0.1) is 6.92 Å². The van der Waals surface area contributed by atoms with Crippen LogP contribution in [0.1, 0.15) is 15.9 Å². The summed E-state index contributed by atoms with van der Waals surface area (Å²) in [7, 11) is 1.62. The van der Waals surface area contributed by atoms with Gasteiger partial charge in [0.2, 0.25) is 0 Å². The summed E-state index contributed by atoms with van der Waals surface area (Å²) in [6.07, 6.45) is 0. The summed E-state index contributed by atoms with van der Waals surface area (Å²) in [5.41, 5.74) is 7.82. The minimum Gasteiger partial charge on any atom is -0.508 e. The van der Waals surface area contributed by atoms with Gasteiger partial charge < -0.3 is 15.7 Å². The van der Waals surface area contributed by atoms with E-state index in [-0.39, 0.29) is 11.7 Å². The number of halogens is 1. The average Bonchev–Trinajstić information content (AvgIpc) is 2.43. The molecule has 0 aliphatic carbocycles. The minimum atomic E-state index is -0.257. The van der Waals surface area contributed by atoms with Crippen LogP contribution in [0.2, 0.25) is 5.02 Å². The first-order chi connectivity index (χ1) is 9.41. The summed E-state index contributed by atoms with van der Waals surface area (Å²) in [5, 5.41) is 10.2. The van der Waals surface area contributed by atoms with Gasteiger partial charge in [-0.1, -0.05) is 17.7 Å². The fourth-order valence-electron chi connectivity index (χ4n) is 1.95. The van der Waals surface area contributed by atoms with Gasteiger partial charge in [0.15, 0.2) is 0 Å². The van der Waals surface area contributed by atoms with E-state index in [9.17, 15) is 9.90 Å². The molecule has 0 heterocycles. The van der Waals surface area contributed by atoms with E-state index in [1.807, 2.05) is 0 Å². The zero-order valence-corrected chi connectivity index (χ0v) is 12.0. The van der Waals surface area contributed by atoms with E-state index in [0.29, 0.717) is 27.5 Å². The van der Waals surface area contributed by atoms with Crippen molar-refractivity contribution in [3.63, 3.8) is 0 Å². The Morgan fingerprint density at radius 1 is 1.30 bits per heavy atom. The van der Waals surface area contributed by atoms with E-state index in [1.165, 1.54) is 4.90 Å². The lowest BCUT2D eigenvalue weighted by atomic mass is 10.1. The lowest BCUT2D eigenvalue weighted by Gasteiger charge is -2.20. The van der Waals surface area contributed by atoms with Crippen molar-refractivity contribution in [2.75, 3.05) is 17.7 Å². The molecular formula is C15H15ClN2O2. The van der Waals surface area contributed by atoms with E-state index in [0.717, 1.165) is 0 Å². The van der Waals surface area contributed by atoms with Crippen LogP contribution in [0.3, 0.4) is 0 Å². The van der Waals surface area contributed by atoms with Crippen LogP contribution >= 0.6 is 11.6 Å². The molecule has 1 amide bonds. The van der Waals surface area contributed by atoms with Crippen molar-refractivity contribution in [1.29, 1.82) is 0 Å². The predicted molar refractivity (Wildman–Crippen MR) is 81.4 cm³/mol. The molecule has 4 nitrogen and oxygen atoms in total. The Hall–Kier alpha value is -2.20. The van der Waals surface area contributed by atoms with E-state index < -0.39 is 0 Å². The van der Waals surface area contributed by atoms with Crippen molar-refractivity contribution < 1.29 is 9.90 Å². The van der Waals surface area contributed by atoms with Gasteiger partial charge in [-0.15, -0.1) is 0 Å². The molecule has 0 aliphatic rings. The largest absolute Gasteiger partial charge is 0.508 e. The number of amides is 1. The van der Waals surface area contributed by atoms with Gasteiger partial charge in [-0.05, 0) is 37.3 Å². The van der Waals surface area contributed by atoms with Crippen LogP contribution in [0.4, 0.5) is 11.4 Å². The van der Waals surface area contributed by atoms with Crippen molar-refractivity contribution >= 4 is 28.9 Å². The lowest BCUT2D eigenvalue weighted by molar-refractivity contribution is 0.0992. The van der Waals surface area contributed by atoms with Crippen molar-refractivity contribution in [2.24, 2.45) is 0 Å². The third kappa shape index (κ3) is 2.56. The first-order valence-electron chi connectivity index (χ1n) is 6.03. The number of aromatic hydroxyl groups is 1. The number of benzene rings is 2. The summed E-state index contributed by atoms with van der Waals surface area (Å²) >= 11 is 5.93. The number of carbonyl (C=O) groups excluding carboxylic acids is 1. The molecule has 0 saturated heterocycles. The van der Waals surface area contributed by atoms with Crippen LogP contribution in [0.15, 0.2) is 36.4 Å². The summed E-state index contributed by atoms with van der Waals surface area (Å²) in [6, 6.07) is 9.78. The molecular weight excluding hydrogens is 276 g/mol. The summed E-state index contributed by atoms with van der Waals surface area (Å²) in [6.45, 7) is 1.69. The zero-order valence-electron chi connectivity index (χ0n) is 11.2. The molecule has 0 aliphatic heterocycles. The highest BCUT2D eigenvalue weighted by molar-refractivity contribution is 6.31. The third-order valence-corrected chi connectivity index (χ3v) is 3.43. The number of nitrogens with two attached hydrogens (primary N) is 1. The molecule has 0 spiro atoms. The SMILES string of the molecule is Cc1c(O)cccc1C(=O)N(C)c1cc(Cl)ccc1N. The average molecular weight is 291 g/mol.